The monoisotopic (exact) mass is 256 g/mol. The summed E-state index contributed by atoms with van der Waals surface area (Å²) in [5, 5.41) is 12.2. The van der Waals surface area contributed by atoms with Gasteiger partial charge in [0, 0.05) is 6.54 Å². The van der Waals surface area contributed by atoms with Gasteiger partial charge in [-0.2, -0.15) is 0 Å². The van der Waals surface area contributed by atoms with Gasteiger partial charge in [0.2, 0.25) is 0 Å². The molecule has 1 atom stereocenters. The van der Waals surface area contributed by atoms with Gasteiger partial charge in [-0.3, -0.25) is 9.59 Å². The van der Waals surface area contributed by atoms with E-state index in [2.05, 4.69) is 17.2 Å². The topological polar surface area (TPSA) is 79.3 Å². The average Bonchev–Trinajstić information content (AvgIpc) is 2.74. The largest absolute Gasteiger partial charge is 0.481 e. The van der Waals surface area contributed by atoms with Crippen molar-refractivity contribution in [1.29, 1.82) is 0 Å². The summed E-state index contributed by atoms with van der Waals surface area (Å²) in [5.74, 6) is -1.75. The first kappa shape index (κ1) is 13.6. The van der Waals surface area contributed by atoms with Crippen molar-refractivity contribution < 1.29 is 14.7 Å². The van der Waals surface area contributed by atoms with E-state index >= 15 is 0 Å². The number of amides is 1. The van der Waals surface area contributed by atoms with Gasteiger partial charge in [-0.25, -0.2) is 4.98 Å². The third kappa shape index (κ3) is 4.14. The summed E-state index contributed by atoms with van der Waals surface area (Å²) < 4.78 is 0. The van der Waals surface area contributed by atoms with Crippen LogP contribution in [-0.4, -0.2) is 28.5 Å². The zero-order valence-corrected chi connectivity index (χ0v) is 10.7. The molecule has 1 amide bonds. The van der Waals surface area contributed by atoms with Crippen LogP contribution in [0, 0.1) is 5.92 Å². The van der Waals surface area contributed by atoms with Gasteiger partial charge in [-0.05, 0) is 12.8 Å². The van der Waals surface area contributed by atoms with E-state index < -0.39 is 11.9 Å². The first-order valence-corrected chi connectivity index (χ1v) is 6.32. The molecule has 1 aromatic rings. The standard InChI is InChI=1S/C11H16N2O3S/c1-3-4-9-12-6-8(17-9)10(14)13-5-7(2)11(15)16/h6-7H,3-5H2,1-2H3,(H,13,14)(H,15,16). The molecular formula is C11H16N2O3S. The number of rotatable bonds is 6. The van der Waals surface area contributed by atoms with Gasteiger partial charge >= 0.3 is 5.97 Å². The summed E-state index contributed by atoms with van der Waals surface area (Å²) in [6.45, 7) is 3.74. The molecule has 1 heterocycles. The molecule has 1 aromatic heterocycles. The molecule has 0 saturated carbocycles. The summed E-state index contributed by atoms with van der Waals surface area (Å²) >= 11 is 1.36. The van der Waals surface area contributed by atoms with Gasteiger partial charge in [0.25, 0.3) is 5.91 Å². The number of carboxylic acid groups (broad SMARTS) is 1. The Bertz CT molecular complexity index is 403. The first-order valence-electron chi connectivity index (χ1n) is 5.50. The first-order chi connectivity index (χ1) is 8.04. The molecule has 0 radical (unpaired) electrons. The minimum atomic E-state index is -0.915. The highest BCUT2D eigenvalue weighted by atomic mass is 32.1. The molecule has 6 heteroatoms. The lowest BCUT2D eigenvalue weighted by molar-refractivity contribution is -0.140. The van der Waals surface area contributed by atoms with Crippen molar-refractivity contribution in [2.75, 3.05) is 6.54 Å². The summed E-state index contributed by atoms with van der Waals surface area (Å²) in [6.07, 6.45) is 3.39. The number of aromatic nitrogens is 1. The second-order valence-electron chi connectivity index (χ2n) is 3.82. The SMILES string of the molecule is CCCc1ncc(C(=O)NCC(C)C(=O)O)s1. The highest BCUT2D eigenvalue weighted by molar-refractivity contribution is 7.13. The number of nitrogens with one attached hydrogen (secondary N) is 1. The lowest BCUT2D eigenvalue weighted by Crippen LogP contribution is -2.30. The molecule has 0 bridgehead atoms. The molecule has 1 rings (SSSR count). The van der Waals surface area contributed by atoms with E-state index in [9.17, 15) is 9.59 Å². The van der Waals surface area contributed by atoms with Gasteiger partial charge in [-0.1, -0.05) is 13.8 Å². The maximum absolute atomic E-state index is 11.7. The Morgan fingerprint density at radius 1 is 1.59 bits per heavy atom. The van der Waals surface area contributed by atoms with E-state index in [1.54, 1.807) is 6.92 Å². The lowest BCUT2D eigenvalue weighted by atomic mass is 10.2. The number of carbonyl (C=O) groups excluding carboxylic acids is 1. The van der Waals surface area contributed by atoms with Crippen molar-refractivity contribution >= 4 is 23.2 Å². The van der Waals surface area contributed by atoms with E-state index in [1.807, 2.05) is 0 Å². The molecule has 17 heavy (non-hydrogen) atoms. The van der Waals surface area contributed by atoms with Gasteiger partial charge in [0.1, 0.15) is 4.88 Å². The predicted molar refractivity (Wildman–Crippen MR) is 65.2 cm³/mol. The van der Waals surface area contributed by atoms with Crippen LogP contribution in [-0.2, 0) is 11.2 Å². The van der Waals surface area contributed by atoms with E-state index in [1.165, 1.54) is 17.5 Å². The molecule has 0 aromatic carbocycles. The number of aliphatic carboxylic acids is 1. The minimum Gasteiger partial charge on any atom is -0.481 e. The van der Waals surface area contributed by atoms with Crippen LogP contribution in [0.2, 0.25) is 0 Å². The molecule has 0 aliphatic rings. The second kappa shape index (κ2) is 6.34. The number of carbonyl (C=O) groups is 2. The van der Waals surface area contributed by atoms with Crippen molar-refractivity contribution in [3.05, 3.63) is 16.1 Å². The fraction of sp³-hybridized carbons (Fsp3) is 0.545. The molecular weight excluding hydrogens is 240 g/mol. The van der Waals surface area contributed by atoms with Crippen LogP contribution in [0.15, 0.2) is 6.20 Å². The van der Waals surface area contributed by atoms with Crippen LogP contribution in [0.25, 0.3) is 0 Å². The third-order valence-electron chi connectivity index (χ3n) is 2.23. The Balaban J connectivity index is 2.49. The van der Waals surface area contributed by atoms with E-state index in [0.717, 1.165) is 17.8 Å². The molecule has 0 fully saturated rings. The smallest absolute Gasteiger partial charge is 0.308 e. The van der Waals surface area contributed by atoms with E-state index in [0.29, 0.717) is 4.88 Å². The van der Waals surface area contributed by atoms with Gasteiger partial charge in [0.15, 0.2) is 0 Å². The fourth-order valence-corrected chi connectivity index (χ4v) is 2.10. The molecule has 0 aliphatic carbocycles. The average molecular weight is 256 g/mol. The Morgan fingerprint density at radius 2 is 2.29 bits per heavy atom. The normalized spacial score (nSPS) is 12.1. The second-order valence-corrected chi connectivity index (χ2v) is 4.93. The minimum absolute atomic E-state index is 0.134. The molecule has 1 unspecified atom stereocenters. The maximum atomic E-state index is 11.7. The molecule has 94 valence electrons. The van der Waals surface area contributed by atoms with Gasteiger partial charge < -0.3 is 10.4 Å². The molecule has 0 saturated heterocycles. The summed E-state index contributed by atoms with van der Waals surface area (Å²) in [7, 11) is 0. The van der Waals surface area contributed by atoms with Crippen LogP contribution < -0.4 is 5.32 Å². The van der Waals surface area contributed by atoms with Gasteiger partial charge in [-0.15, -0.1) is 11.3 Å². The Morgan fingerprint density at radius 3 is 2.88 bits per heavy atom. The number of hydrogen-bond donors (Lipinski definition) is 2. The van der Waals surface area contributed by atoms with Crippen molar-refractivity contribution in [3.63, 3.8) is 0 Å². The van der Waals surface area contributed by atoms with Crippen molar-refractivity contribution in [2.24, 2.45) is 5.92 Å². The van der Waals surface area contributed by atoms with Crippen LogP contribution >= 0.6 is 11.3 Å². The highest BCUT2D eigenvalue weighted by Crippen LogP contribution is 2.14. The van der Waals surface area contributed by atoms with Gasteiger partial charge in [0.05, 0.1) is 17.1 Å². The molecule has 0 spiro atoms. The lowest BCUT2D eigenvalue weighted by Gasteiger charge is -2.06. The molecule has 2 N–H and O–H groups in total. The van der Waals surface area contributed by atoms with Crippen LogP contribution in [0.4, 0.5) is 0 Å². The van der Waals surface area contributed by atoms with E-state index in [-0.39, 0.29) is 12.5 Å². The quantitative estimate of drug-likeness (QED) is 0.809. The summed E-state index contributed by atoms with van der Waals surface area (Å²) in [6, 6.07) is 0. The van der Waals surface area contributed by atoms with Crippen LogP contribution in [0.1, 0.15) is 34.9 Å². The maximum Gasteiger partial charge on any atom is 0.308 e. The predicted octanol–water partition coefficient (Wildman–Crippen LogP) is 1.55. The summed E-state index contributed by atoms with van der Waals surface area (Å²) in [5.41, 5.74) is 0. The van der Waals surface area contributed by atoms with E-state index in [4.69, 9.17) is 5.11 Å². The number of aryl methyl sites for hydroxylation is 1. The van der Waals surface area contributed by atoms with Crippen molar-refractivity contribution in [3.8, 4) is 0 Å². The zero-order chi connectivity index (χ0) is 12.8. The highest BCUT2D eigenvalue weighted by Gasteiger charge is 2.14. The number of thiazole rings is 1. The van der Waals surface area contributed by atoms with Crippen molar-refractivity contribution in [2.45, 2.75) is 26.7 Å². The summed E-state index contributed by atoms with van der Waals surface area (Å²) in [4.78, 5) is 26.9. The number of carboxylic acids is 1. The number of nitrogens with zero attached hydrogens (tertiary/aromatic N) is 1. The third-order valence-corrected chi connectivity index (χ3v) is 3.29. The Kier molecular flexibility index (Phi) is 5.09. The number of hydrogen-bond acceptors (Lipinski definition) is 4. The fourth-order valence-electron chi connectivity index (χ4n) is 1.16. The van der Waals surface area contributed by atoms with Crippen LogP contribution in [0.5, 0.6) is 0 Å². The molecule has 0 aliphatic heterocycles. The van der Waals surface area contributed by atoms with Crippen LogP contribution in [0.3, 0.4) is 0 Å². The Labute approximate surface area is 104 Å². The molecule has 5 nitrogen and oxygen atoms in total. The van der Waals surface area contributed by atoms with Crippen molar-refractivity contribution in [1.82, 2.24) is 10.3 Å². The Hall–Kier alpha value is -1.43. The zero-order valence-electron chi connectivity index (χ0n) is 9.90.